The Labute approximate surface area is 119 Å². The van der Waals surface area contributed by atoms with Crippen LogP contribution >= 0.6 is 0 Å². The van der Waals surface area contributed by atoms with E-state index in [0.717, 1.165) is 18.4 Å². The second-order valence-electron chi connectivity index (χ2n) is 4.03. The van der Waals surface area contributed by atoms with E-state index in [0.29, 0.717) is 0 Å². The molecule has 116 valence electrons. The number of hydrogen-bond acceptors (Lipinski definition) is 6. The Morgan fingerprint density at radius 1 is 1.43 bits per heavy atom. The normalized spacial score (nSPS) is 11.1. The van der Waals surface area contributed by atoms with E-state index in [1.807, 2.05) is 0 Å². The molecule has 0 radical (unpaired) electrons. The van der Waals surface area contributed by atoms with Crippen LogP contribution < -0.4 is 15.8 Å². The van der Waals surface area contributed by atoms with Crippen molar-refractivity contribution in [3.8, 4) is 0 Å². The minimum Gasteiger partial charge on any atom is -0.392 e. The van der Waals surface area contributed by atoms with Crippen LogP contribution in [0, 0.1) is 15.9 Å². The molecule has 0 saturated heterocycles. The summed E-state index contributed by atoms with van der Waals surface area (Å²) in [4.78, 5) is 21.6. The van der Waals surface area contributed by atoms with Crippen LogP contribution in [0.25, 0.3) is 0 Å². The van der Waals surface area contributed by atoms with Crippen LogP contribution in [-0.2, 0) is 10.0 Å². The van der Waals surface area contributed by atoms with Crippen molar-refractivity contribution in [2.24, 2.45) is 0 Å². The van der Waals surface area contributed by atoms with Crippen molar-refractivity contribution in [1.82, 2.24) is 10.0 Å². The molecule has 1 aromatic carbocycles. The molecule has 1 amide bonds. The van der Waals surface area contributed by atoms with Gasteiger partial charge in [-0.3, -0.25) is 14.9 Å². The number of nitrogen functional groups attached to an aromatic ring is 1. The van der Waals surface area contributed by atoms with Gasteiger partial charge >= 0.3 is 0 Å². The first kappa shape index (κ1) is 16.8. The van der Waals surface area contributed by atoms with Crippen LogP contribution in [0.5, 0.6) is 0 Å². The van der Waals surface area contributed by atoms with E-state index in [9.17, 15) is 27.7 Å². The zero-order chi connectivity index (χ0) is 16.2. The van der Waals surface area contributed by atoms with Crippen LogP contribution in [0.2, 0.25) is 0 Å². The summed E-state index contributed by atoms with van der Waals surface area (Å²) in [6.45, 7) is -0.242. The Bertz CT molecular complexity index is 676. The summed E-state index contributed by atoms with van der Waals surface area (Å²) in [5, 5.41) is 12.9. The quantitative estimate of drug-likeness (QED) is 0.281. The lowest BCUT2D eigenvalue weighted by Crippen LogP contribution is -2.34. The van der Waals surface area contributed by atoms with Gasteiger partial charge in [-0.2, -0.15) is 0 Å². The highest BCUT2D eigenvalue weighted by Crippen LogP contribution is 2.27. The summed E-state index contributed by atoms with van der Waals surface area (Å²) in [5.41, 5.74) is 3.58. The third kappa shape index (κ3) is 4.65. The number of carbonyl (C=O) groups excluding carboxylic acids is 1. The van der Waals surface area contributed by atoms with Gasteiger partial charge in [-0.15, -0.1) is 0 Å². The molecule has 0 aromatic heterocycles. The standard InChI is InChI=1S/C10H13FN4O5S/c1-21(19,20)14-5-4-13-10(16)8-6(11)2-3-7(9(8)12)15(17)18/h2-3,14H,4-5,12H2,1H3,(H,13,16). The van der Waals surface area contributed by atoms with Gasteiger partial charge in [-0.25, -0.2) is 17.5 Å². The largest absolute Gasteiger partial charge is 0.392 e. The van der Waals surface area contributed by atoms with Gasteiger partial charge in [0.2, 0.25) is 10.0 Å². The Balaban J connectivity index is 2.83. The summed E-state index contributed by atoms with van der Waals surface area (Å²) in [7, 11) is -3.41. The fourth-order valence-electron chi connectivity index (χ4n) is 1.47. The highest BCUT2D eigenvalue weighted by atomic mass is 32.2. The summed E-state index contributed by atoms with van der Waals surface area (Å²) in [6, 6.07) is 1.62. The predicted octanol–water partition coefficient (Wildman–Crippen LogP) is -0.405. The molecule has 0 unspecified atom stereocenters. The monoisotopic (exact) mass is 320 g/mol. The Morgan fingerprint density at radius 2 is 2.05 bits per heavy atom. The molecule has 0 fully saturated rings. The lowest BCUT2D eigenvalue weighted by molar-refractivity contribution is -0.384. The average molecular weight is 320 g/mol. The van der Waals surface area contributed by atoms with Gasteiger partial charge in [0, 0.05) is 19.2 Å². The van der Waals surface area contributed by atoms with E-state index in [4.69, 9.17) is 5.73 Å². The SMILES string of the molecule is CS(=O)(=O)NCCNC(=O)c1c(F)ccc([N+](=O)[O-])c1N. The number of nitrogens with zero attached hydrogens (tertiary/aromatic N) is 1. The summed E-state index contributed by atoms with van der Waals surface area (Å²) in [6.07, 6.45) is 0.938. The predicted molar refractivity (Wildman–Crippen MR) is 72.6 cm³/mol. The molecule has 4 N–H and O–H groups in total. The number of sulfonamides is 1. The highest BCUT2D eigenvalue weighted by Gasteiger charge is 2.23. The number of hydrogen-bond donors (Lipinski definition) is 3. The van der Waals surface area contributed by atoms with E-state index in [-0.39, 0.29) is 13.1 Å². The van der Waals surface area contributed by atoms with Crippen molar-refractivity contribution in [3.05, 3.63) is 33.6 Å². The number of halogens is 1. The average Bonchev–Trinajstić information content (AvgIpc) is 2.33. The maximum atomic E-state index is 13.6. The van der Waals surface area contributed by atoms with Crippen LogP contribution in [0.15, 0.2) is 12.1 Å². The summed E-state index contributed by atoms with van der Waals surface area (Å²) >= 11 is 0. The molecule has 0 atom stereocenters. The second-order valence-corrected chi connectivity index (χ2v) is 5.87. The number of nitrogens with two attached hydrogens (primary N) is 1. The number of anilines is 1. The number of amides is 1. The molecule has 0 spiro atoms. The molecular formula is C10H13FN4O5S. The molecule has 0 bridgehead atoms. The Morgan fingerprint density at radius 3 is 2.57 bits per heavy atom. The molecular weight excluding hydrogens is 307 g/mol. The molecule has 9 nitrogen and oxygen atoms in total. The van der Waals surface area contributed by atoms with E-state index in [1.165, 1.54) is 0 Å². The molecule has 1 rings (SSSR count). The van der Waals surface area contributed by atoms with Crippen molar-refractivity contribution in [1.29, 1.82) is 0 Å². The number of carbonyl (C=O) groups is 1. The Kier molecular flexibility index (Phi) is 5.16. The number of nitro groups is 1. The fourth-order valence-corrected chi connectivity index (χ4v) is 1.95. The first-order valence-electron chi connectivity index (χ1n) is 5.58. The smallest absolute Gasteiger partial charge is 0.293 e. The van der Waals surface area contributed by atoms with Crippen LogP contribution in [0.4, 0.5) is 15.8 Å². The molecule has 0 heterocycles. The van der Waals surface area contributed by atoms with Gasteiger partial charge in [-0.1, -0.05) is 0 Å². The van der Waals surface area contributed by atoms with Crippen LogP contribution in [-0.4, -0.2) is 38.6 Å². The highest BCUT2D eigenvalue weighted by molar-refractivity contribution is 7.88. The van der Waals surface area contributed by atoms with Crippen molar-refractivity contribution in [3.63, 3.8) is 0 Å². The maximum Gasteiger partial charge on any atom is 0.293 e. The minimum atomic E-state index is -3.41. The molecule has 0 aliphatic heterocycles. The van der Waals surface area contributed by atoms with E-state index >= 15 is 0 Å². The minimum absolute atomic E-state index is 0.110. The first-order chi connectivity index (χ1) is 9.63. The first-order valence-corrected chi connectivity index (χ1v) is 7.48. The van der Waals surface area contributed by atoms with Gasteiger partial charge < -0.3 is 11.1 Å². The maximum absolute atomic E-state index is 13.6. The van der Waals surface area contributed by atoms with Crippen molar-refractivity contribution < 1.29 is 22.5 Å². The molecule has 21 heavy (non-hydrogen) atoms. The molecule has 0 saturated carbocycles. The van der Waals surface area contributed by atoms with Gasteiger partial charge in [0.15, 0.2) is 0 Å². The lowest BCUT2D eigenvalue weighted by Gasteiger charge is -2.09. The number of benzene rings is 1. The van der Waals surface area contributed by atoms with Crippen molar-refractivity contribution in [2.75, 3.05) is 25.1 Å². The molecule has 0 aliphatic carbocycles. The van der Waals surface area contributed by atoms with E-state index in [2.05, 4.69) is 10.0 Å². The number of rotatable bonds is 6. The topological polar surface area (TPSA) is 144 Å². The summed E-state index contributed by atoms with van der Waals surface area (Å²) in [5.74, 6) is -1.98. The molecule has 11 heteroatoms. The third-order valence-electron chi connectivity index (χ3n) is 2.37. The fraction of sp³-hybridized carbons (Fsp3) is 0.300. The van der Waals surface area contributed by atoms with Gasteiger partial charge in [-0.05, 0) is 6.07 Å². The molecule has 0 aliphatic rings. The zero-order valence-electron chi connectivity index (χ0n) is 10.9. The third-order valence-corrected chi connectivity index (χ3v) is 3.10. The zero-order valence-corrected chi connectivity index (χ0v) is 11.7. The Hall–Kier alpha value is -2.27. The van der Waals surface area contributed by atoms with Gasteiger partial charge in [0.1, 0.15) is 17.1 Å². The van der Waals surface area contributed by atoms with Crippen molar-refractivity contribution in [2.45, 2.75) is 0 Å². The van der Waals surface area contributed by atoms with Crippen LogP contribution in [0.3, 0.4) is 0 Å². The van der Waals surface area contributed by atoms with E-state index in [1.54, 1.807) is 0 Å². The van der Waals surface area contributed by atoms with Crippen molar-refractivity contribution >= 4 is 27.3 Å². The van der Waals surface area contributed by atoms with E-state index < -0.39 is 43.6 Å². The van der Waals surface area contributed by atoms with Gasteiger partial charge in [0.25, 0.3) is 11.6 Å². The van der Waals surface area contributed by atoms with Crippen LogP contribution in [0.1, 0.15) is 10.4 Å². The lowest BCUT2D eigenvalue weighted by atomic mass is 10.1. The summed E-state index contributed by atoms with van der Waals surface area (Å²) < 4.78 is 37.3. The second kappa shape index (κ2) is 6.45. The molecule has 1 aromatic rings. The number of nitro benzene ring substituents is 1. The van der Waals surface area contributed by atoms with Gasteiger partial charge in [0.05, 0.1) is 11.2 Å². The number of nitrogens with one attached hydrogen (secondary N) is 2.